The standard InChI is InChI=1S/C11H10BrClO4/c1-5(13)9(14)8-4-6(12)2-3-7(8)10(15)11(16)17/h2-5,10,15H,1H3,(H,16,17). The van der Waals surface area contributed by atoms with Crippen molar-refractivity contribution in [2.24, 2.45) is 0 Å². The van der Waals surface area contributed by atoms with Gasteiger partial charge in [0.25, 0.3) is 0 Å². The zero-order valence-electron chi connectivity index (χ0n) is 8.85. The van der Waals surface area contributed by atoms with Crippen molar-refractivity contribution in [2.45, 2.75) is 18.4 Å². The van der Waals surface area contributed by atoms with Crippen LogP contribution in [-0.4, -0.2) is 27.3 Å². The topological polar surface area (TPSA) is 74.6 Å². The number of rotatable bonds is 4. The van der Waals surface area contributed by atoms with Crippen LogP contribution in [0.4, 0.5) is 0 Å². The molecule has 0 saturated carbocycles. The lowest BCUT2D eigenvalue weighted by atomic mass is 9.98. The number of halogens is 2. The minimum atomic E-state index is -1.74. The Kier molecular flexibility index (Phi) is 4.68. The van der Waals surface area contributed by atoms with Gasteiger partial charge in [-0.15, -0.1) is 11.6 Å². The van der Waals surface area contributed by atoms with Crippen LogP contribution in [0.5, 0.6) is 0 Å². The summed E-state index contributed by atoms with van der Waals surface area (Å²) in [7, 11) is 0. The number of hydrogen-bond acceptors (Lipinski definition) is 3. The Hall–Kier alpha value is -0.910. The fourth-order valence-corrected chi connectivity index (χ4v) is 1.81. The fraction of sp³-hybridized carbons (Fsp3) is 0.273. The van der Waals surface area contributed by atoms with E-state index in [2.05, 4.69) is 15.9 Å². The van der Waals surface area contributed by atoms with Crippen LogP contribution in [0.3, 0.4) is 0 Å². The third kappa shape index (κ3) is 3.28. The number of aliphatic carboxylic acids is 1. The first-order valence-electron chi connectivity index (χ1n) is 4.73. The van der Waals surface area contributed by atoms with E-state index in [0.29, 0.717) is 4.47 Å². The van der Waals surface area contributed by atoms with Crippen molar-refractivity contribution in [3.05, 3.63) is 33.8 Å². The lowest BCUT2D eigenvalue weighted by Gasteiger charge is -2.13. The zero-order valence-corrected chi connectivity index (χ0v) is 11.2. The molecule has 0 spiro atoms. The second-order valence-electron chi connectivity index (χ2n) is 3.45. The highest BCUT2D eigenvalue weighted by molar-refractivity contribution is 9.10. The van der Waals surface area contributed by atoms with Gasteiger partial charge in [0.15, 0.2) is 11.9 Å². The number of carboxylic acids is 1. The predicted octanol–water partition coefficient (Wildman–Crippen LogP) is 2.38. The third-order valence-electron chi connectivity index (χ3n) is 2.17. The lowest BCUT2D eigenvalue weighted by molar-refractivity contribution is -0.146. The SMILES string of the molecule is CC(Cl)C(=O)c1cc(Br)ccc1C(O)C(=O)O. The highest BCUT2D eigenvalue weighted by Crippen LogP contribution is 2.24. The second-order valence-corrected chi connectivity index (χ2v) is 5.02. The summed E-state index contributed by atoms with van der Waals surface area (Å²) in [6.07, 6.45) is -1.74. The van der Waals surface area contributed by atoms with Crippen LogP contribution >= 0.6 is 27.5 Å². The monoisotopic (exact) mass is 320 g/mol. The number of aliphatic hydroxyl groups is 1. The number of ketones is 1. The molecule has 0 bridgehead atoms. The minimum absolute atomic E-state index is 0.0400. The van der Waals surface area contributed by atoms with Gasteiger partial charge >= 0.3 is 5.97 Å². The van der Waals surface area contributed by atoms with E-state index in [-0.39, 0.29) is 11.1 Å². The van der Waals surface area contributed by atoms with Gasteiger partial charge in [-0.2, -0.15) is 0 Å². The normalized spacial score (nSPS) is 14.1. The van der Waals surface area contributed by atoms with Gasteiger partial charge in [0.1, 0.15) is 0 Å². The number of carboxylic acid groups (broad SMARTS) is 1. The summed E-state index contributed by atoms with van der Waals surface area (Å²) in [6.45, 7) is 1.49. The molecule has 0 aromatic heterocycles. The van der Waals surface area contributed by atoms with E-state index in [1.54, 1.807) is 6.07 Å². The van der Waals surface area contributed by atoms with Gasteiger partial charge in [-0.1, -0.05) is 22.0 Å². The summed E-state index contributed by atoms with van der Waals surface area (Å²) in [4.78, 5) is 22.5. The lowest BCUT2D eigenvalue weighted by Crippen LogP contribution is -2.18. The summed E-state index contributed by atoms with van der Waals surface area (Å²) in [5, 5.41) is 17.4. The van der Waals surface area contributed by atoms with E-state index in [1.807, 2.05) is 0 Å². The third-order valence-corrected chi connectivity index (χ3v) is 2.86. The molecule has 2 atom stereocenters. The van der Waals surface area contributed by atoms with E-state index in [9.17, 15) is 14.7 Å². The molecule has 4 nitrogen and oxygen atoms in total. The average Bonchev–Trinajstić information content (AvgIpc) is 2.26. The molecule has 2 unspecified atom stereocenters. The van der Waals surface area contributed by atoms with Gasteiger partial charge in [0.2, 0.25) is 0 Å². The Balaban J connectivity index is 3.31. The van der Waals surface area contributed by atoms with Gasteiger partial charge in [-0.3, -0.25) is 4.79 Å². The van der Waals surface area contributed by atoms with E-state index in [4.69, 9.17) is 16.7 Å². The van der Waals surface area contributed by atoms with Gasteiger partial charge in [-0.05, 0) is 19.1 Å². The van der Waals surface area contributed by atoms with Crippen LogP contribution in [-0.2, 0) is 4.79 Å². The van der Waals surface area contributed by atoms with Crippen molar-refractivity contribution in [3.63, 3.8) is 0 Å². The Labute approximate surface area is 111 Å². The zero-order chi connectivity index (χ0) is 13.2. The Morgan fingerprint density at radius 1 is 1.41 bits per heavy atom. The molecule has 17 heavy (non-hydrogen) atoms. The summed E-state index contributed by atoms with van der Waals surface area (Å²) in [5.74, 6) is -1.84. The van der Waals surface area contributed by atoms with Crippen LogP contribution in [0.15, 0.2) is 22.7 Å². The van der Waals surface area contributed by atoms with Crippen molar-refractivity contribution in [2.75, 3.05) is 0 Å². The molecular formula is C11H10BrClO4. The van der Waals surface area contributed by atoms with Gasteiger partial charge in [0, 0.05) is 15.6 Å². The van der Waals surface area contributed by atoms with Crippen molar-refractivity contribution < 1.29 is 19.8 Å². The molecule has 0 radical (unpaired) electrons. The smallest absolute Gasteiger partial charge is 0.337 e. The summed E-state index contributed by atoms with van der Waals surface area (Å²) < 4.78 is 0.611. The number of carbonyl (C=O) groups is 2. The number of benzene rings is 1. The van der Waals surface area contributed by atoms with Gasteiger partial charge in [-0.25, -0.2) is 4.79 Å². The quantitative estimate of drug-likeness (QED) is 0.659. The van der Waals surface area contributed by atoms with Crippen LogP contribution in [0.1, 0.15) is 28.9 Å². The van der Waals surface area contributed by atoms with Crippen LogP contribution in [0.2, 0.25) is 0 Å². The number of carbonyl (C=O) groups excluding carboxylic acids is 1. The maximum absolute atomic E-state index is 11.8. The first-order valence-corrected chi connectivity index (χ1v) is 5.96. The van der Waals surface area contributed by atoms with Crippen molar-refractivity contribution in [1.82, 2.24) is 0 Å². The number of aliphatic hydroxyl groups excluding tert-OH is 1. The van der Waals surface area contributed by atoms with Gasteiger partial charge < -0.3 is 10.2 Å². The average molecular weight is 322 g/mol. The van der Waals surface area contributed by atoms with E-state index >= 15 is 0 Å². The molecule has 0 heterocycles. The Morgan fingerprint density at radius 2 is 2.00 bits per heavy atom. The molecule has 0 aliphatic rings. The molecule has 1 aromatic rings. The molecule has 92 valence electrons. The van der Waals surface area contributed by atoms with Crippen LogP contribution in [0.25, 0.3) is 0 Å². The van der Waals surface area contributed by atoms with E-state index < -0.39 is 23.2 Å². The summed E-state index contributed by atoms with van der Waals surface area (Å²) >= 11 is 8.85. The number of Topliss-reactive ketones (excluding diaryl/α,β-unsaturated/α-hetero) is 1. The molecule has 0 saturated heterocycles. The number of alkyl halides is 1. The highest BCUT2D eigenvalue weighted by atomic mass is 79.9. The molecule has 1 rings (SSSR count). The summed E-state index contributed by atoms with van der Waals surface area (Å²) in [6, 6.07) is 4.38. The van der Waals surface area contributed by atoms with Crippen LogP contribution < -0.4 is 0 Å². The second kappa shape index (κ2) is 5.62. The first kappa shape index (κ1) is 14.2. The summed E-state index contributed by atoms with van der Waals surface area (Å²) in [5.41, 5.74) is 0.148. The fourth-order valence-electron chi connectivity index (χ4n) is 1.33. The minimum Gasteiger partial charge on any atom is -0.479 e. The molecule has 2 N–H and O–H groups in total. The Morgan fingerprint density at radius 3 is 2.47 bits per heavy atom. The maximum atomic E-state index is 11.8. The van der Waals surface area contributed by atoms with E-state index in [1.165, 1.54) is 19.1 Å². The van der Waals surface area contributed by atoms with Gasteiger partial charge in [0.05, 0.1) is 5.38 Å². The number of hydrogen-bond donors (Lipinski definition) is 2. The predicted molar refractivity (Wildman–Crippen MR) is 66.4 cm³/mol. The van der Waals surface area contributed by atoms with Crippen LogP contribution in [0, 0.1) is 0 Å². The molecule has 1 aromatic carbocycles. The van der Waals surface area contributed by atoms with Crippen molar-refractivity contribution in [3.8, 4) is 0 Å². The Bertz CT molecular complexity index is 459. The first-order chi connectivity index (χ1) is 7.84. The highest BCUT2D eigenvalue weighted by Gasteiger charge is 2.24. The van der Waals surface area contributed by atoms with Crippen molar-refractivity contribution in [1.29, 1.82) is 0 Å². The van der Waals surface area contributed by atoms with E-state index in [0.717, 1.165) is 0 Å². The van der Waals surface area contributed by atoms with Crippen molar-refractivity contribution >= 4 is 39.3 Å². The maximum Gasteiger partial charge on any atom is 0.337 e. The molecule has 0 amide bonds. The molecule has 0 aliphatic carbocycles. The molecule has 0 fully saturated rings. The molecule has 6 heteroatoms. The molecule has 0 aliphatic heterocycles. The molecular weight excluding hydrogens is 311 g/mol. The largest absolute Gasteiger partial charge is 0.479 e.